The van der Waals surface area contributed by atoms with Gasteiger partial charge in [-0.3, -0.25) is 0 Å². The van der Waals surface area contributed by atoms with Crippen LogP contribution in [0.3, 0.4) is 0 Å². The maximum absolute atomic E-state index is 13.5. The van der Waals surface area contributed by atoms with E-state index in [0.29, 0.717) is 32.0 Å². The Morgan fingerprint density at radius 2 is 1.10 bits per heavy atom. The van der Waals surface area contributed by atoms with Gasteiger partial charge in [0.1, 0.15) is 17.7 Å². The molecule has 0 spiro atoms. The third kappa shape index (κ3) is 2.84. The number of rotatable bonds is 1. The highest BCUT2D eigenvalue weighted by Crippen LogP contribution is 2.47. The van der Waals surface area contributed by atoms with Gasteiger partial charge in [-0.25, -0.2) is 4.39 Å². The number of halogens is 1. The lowest BCUT2D eigenvalue weighted by atomic mass is 9.75. The normalized spacial score (nSPS) is 21.4. The standard InChI is InChI=1S/C27H23FO2/c28-21-13-19(14-21)20-15-29-24-11-9-17-5-1-3-7-22(17)26(24)27-23-8-4-2-6-18(23)10-12-25(27)30-16-20/h1-12,19-21H,13-16H2. The number of ether oxygens (including phenoxy) is 2. The van der Waals surface area contributed by atoms with Gasteiger partial charge in [0.25, 0.3) is 0 Å². The Bertz CT molecular complexity index is 1150. The zero-order valence-electron chi connectivity index (χ0n) is 16.7. The van der Waals surface area contributed by atoms with Gasteiger partial charge in [-0.1, -0.05) is 60.7 Å². The van der Waals surface area contributed by atoms with Crippen molar-refractivity contribution in [3.8, 4) is 22.6 Å². The molecule has 1 aliphatic heterocycles. The molecule has 30 heavy (non-hydrogen) atoms. The number of hydrogen-bond donors (Lipinski definition) is 0. The summed E-state index contributed by atoms with van der Waals surface area (Å²) in [5, 5.41) is 4.66. The first-order valence-electron chi connectivity index (χ1n) is 10.7. The monoisotopic (exact) mass is 398 g/mol. The highest BCUT2D eigenvalue weighted by Gasteiger charge is 2.37. The van der Waals surface area contributed by atoms with Crippen LogP contribution >= 0.6 is 0 Å². The molecule has 0 unspecified atom stereocenters. The first kappa shape index (κ1) is 17.8. The van der Waals surface area contributed by atoms with E-state index in [1.54, 1.807) is 0 Å². The maximum Gasteiger partial charge on any atom is 0.127 e. The number of fused-ring (bicyclic) bond motifs is 7. The van der Waals surface area contributed by atoms with Gasteiger partial charge in [-0.2, -0.15) is 0 Å². The Morgan fingerprint density at radius 3 is 1.60 bits per heavy atom. The third-order valence-electron chi connectivity index (χ3n) is 6.72. The molecule has 0 N–H and O–H groups in total. The molecule has 150 valence electrons. The van der Waals surface area contributed by atoms with Crippen molar-refractivity contribution in [1.82, 2.24) is 0 Å². The highest BCUT2D eigenvalue weighted by molar-refractivity contribution is 6.09. The van der Waals surface area contributed by atoms with Crippen LogP contribution in [0.2, 0.25) is 0 Å². The Kier molecular flexibility index (Phi) is 4.15. The molecule has 0 radical (unpaired) electrons. The predicted molar refractivity (Wildman–Crippen MR) is 119 cm³/mol. The fourth-order valence-corrected chi connectivity index (χ4v) is 4.95. The summed E-state index contributed by atoms with van der Waals surface area (Å²) >= 11 is 0. The number of benzene rings is 4. The summed E-state index contributed by atoms with van der Waals surface area (Å²) in [7, 11) is 0. The van der Waals surface area contributed by atoms with Crippen molar-refractivity contribution in [2.75, 3.05) is 13.2 Å². The predicted octanol–water partition coefficient (Wildman–Crippen LogP) is 6.80. The van der Waals surface area contributed by atoms with Crippen LogP contribution in [-0.4, -0.2) is 19.4 Å². The van der Waals surface area contributed by atoms with Gasteiger partial charge in [-0.05, 0) is 52.4 Å². The van der Waals surface area contributed by atoms with E-state index >= 15 is 0 Å². The van der Waals surface area contributed by atoms with E-state index in [2.05, 4.69) is 72.8 Å². The van der Waals surface area contributed by atoms with E-state index in [4.69, 9.17) is 9.47 Å². The van der Waals surface area contributed by atoms with Crippen LogP contribution < -0.4 is 9.47 Å². The summed E-state index contributed by atoms with van der Waals surface area (Å²) in [5.41, 5.74) is 2.16. The summed E-state index contributed by atoms with van der Waals surface area (Å²) in [6.45, 7) is 1.10. The minimum atomic E-state index is -0.671. The number of hydrogen-bond acceptors (Lipinski definition) is 2. The molecule has 2 nitrogen and oxygen atoms in total. The number of alkyl halides is 1. The van der Waals surface area contributed by atoms with Crippen molar-refractivity contribution in [3.05, 3.63) is 72.8 Å². The topological polar surface area (TPSA) is 18.5 Å². The van der Waals surface area contributed by atoms with E-state index < -0.39 is 6.17 Å². The summed E-state index contributed by atoms with van der Waals surface area (Å²) in [6, 6.07) is 25.2. The van der Waals surface area contributed by atoms with Gasteiger partial charge in [0.2, 0.25) is 0 Å². The molecule has 0 amide bonds. The molecule has 1 fully saturated rings. The van der Waals surface area contributed by atoms with E-state index in [0.717, 1.165) is 33.4 Å². The fourth-order valence-electron chi connectivity index (χ4n) is 4.95. The maximum atomic E-state index is 13.5. The zero-order valence-corrected chi connectivity index (χ0v) is 16.7. The van der Waals surface area contributed by atoms with Gasteiger partial charge >= 0.3 is 0 Å². The Hall–Kier alpha value is -3.07. The minimum Gasteiger partial charge on any atom is -0.492 e. The van der Waals surface area contributed by atoms with Crippen molar-refractivity contribution < 1.29 is 13.9 Å². The van der Waals surface area contributed by atoms with Gasteiger partial charge in [0.15, 0.2) is 0 Å². The van der Waals surface area contributed by atoms with E-state index in [1.807, 2.05) is 0 Å². The van der Waals surface area contributed by atoms with Gasteiger partial charge in [0.05, 0.1) is 13.2 Å². The molecule has 3 heteroatoms. The highest BCUT2D eigenvalue weighted by atomic mass is 19.1. The van der Waals surface area contributed by atoms with Crippen LogP contribution in [0.1, 0.15) is 12.8 Å². The second-order valence-electron chi connectivity index (χ2n) is 8.53. The van der Waals surface area contributed by atoms with Crippen molar-refractivity contribution in [1.29, 1.82) is 0 Å². The van der Waals surface area contributed by atoms with Crippen LogP contribution in [0.5, 0.6) is 11.5 Å². The Balaban J connectivity index is 1.60. The second kappa shape index (κ2) is 7.02. The van der Waals surface area contributed by atoms with Crippen LogP contribution in [0.15, 0.2) is 72.8 Å². The van der Waals surface area contributed by atoms with Crippen molar-refractivity contribution >= 4 is 21.5 Å². The second-order valence-corrected chi connectivity index (χ2v) is 8.53. The van der Waals surface area contributed by atoms with Crippen molar-refractivity contribution in [2.24, 2.45) is 11.8 Å². The third-order valence-corrected chi connectivity index (χ3v) is 6.72. The quantitative estimate of drug-likeness (QED) is 0.351. The molecule has 1 aliphatic carbocycles. The smallest absolute Gasteiger partial charge is 0.127 e. The Morgan fingerprint density at radius 1 is 0.600 bits per heavy atom. The van der Waals surface area contributed by atoms with Crippen LogP contribution in [0.25, 0.3) is 32.7 Å². The average molecular weight is 398 g/mol. The lowest BCUT2D eigenvalue weighted by molar-refractivity contribution is 0.0361. The summed E-state index contributed by atoms with van der Waals surface area (Å²) < 4.78 is 26.4. The molecular weight excluding hydrogens is 375 g/mol. The summed E-state index contributed by atoms with van der Waals surface area (Å²) in [5.74, 6) is 2.26. The summed E-state index contributed by atoms with van der Waals surface area (Å²) in [6.07, 6.45) is 0.564. The van der Waals surface area contributed by atoms with Gasteiger partial charge in [-0.15, -0.1) is 0 Å². The van der Waals surface area contributed by atoms with Crippen LogP contribution in [0, 0.1) is 11.8 Å². The zero-order chi connectivity index (χ0) is 20.1. The minimum absolute atomic E-state index is 0.189. The molecular formula is C27H23FO2. The SMILES string of the molecule is FC1CC(C2COc3ccc4ccccc4c3-c3c(ccc4ccccc34)OC2)C1. The van der Waals surface area contributed by atoms with Crippen molar-refractivity contribution in [3.63, 3.8) is 0 Å². The van der Waals surface area contributed by atoms with Crippen LogP contribution in [0.4, 0.5) is 4.39 Å². The molecule has 4 aromatic rings. The first-order valence-corrected chi connectivity index (χ1v) is 10.7. The molecule has 0 saturated heterocycles. The molecule has 0 aromatic heterocycles. The summed E-state index contributed by atoms with van der Waals surface area (Å²) in [4.78, 5) is 0. The van der Waals surface area contributed by atoms with Crippen LogP contribution in [-0.2, 0) is 0 Å². The van der Waals surface area contributed by atoms with E-state index in [9.17, 15) is 4.39 Å². The Labute approximate surface area is 175 Å². The van der Waals surface area contributed by atoms with E-state index in [1.165, 1.54) is 10.8 Å². The molecule has 1 heterocycles. The first-order chi connectivity index (χ1) is 14.8. The average Bonchev–Trinajstić information content (AvgIpc) is 2.84. The largest absolute Gasteiger partial charge is 0.492 e. The molecule has 4 aromatic carbocycles. The van der Waals surface area contributed by atoms with Gasteiger partial charge < -0.3 is 9.47 Å². The molecule has 0 bridgehead atoms. The van der Waals surface area contributed by atoms with E-state index in [-0.39, 0.29) is 5.92 Å². The lowest BCUT2D eigenvalue weighted by Crippen LogP contribution is -2.37. The molecule has 0 atom stereocenters. The molecule has 2 aliphatic rings. The van der Waals surface area contributed by atoms with Gasteiger partial charge in [0, 0.05) is 17.0 Å². The van der Waals surface area contributed by atoms with Crippen molar-refractivity contribution in [2.45, 2.75) is 19.0 Å². The lowest BCUT2D eigenvalue weighted by Gasteiger charge is -2.35. The molecule has 6 rings (SSSR count). The molecule has 1 saturated carbocycles. The fraction of sp³-hybridized carbons (Fsp3) is 0.259.